The molecule has 0 radical (unpaired) electrons. The first-order valence-electron chi connectivity index (χ1n) is 11.3. The Morgan fingerprint density at radius 2 is 1.80 bits per heavy atom. The highest BCUT2D eigenvalue weighted by Crippen LogP contribution is 2.18. The number of aromatic amines is 1. The lowest BCUT2D eigenvalue weighted by atomic mass is 10.0. The summed E-state index contributed by atoms with van der Waals surface area (Å²) in [6, 6.07) is 19.9. The van der Waals surface area contributed by atoms with Crippen molar-refractivity contribution in [3.8, 4) is 0 Å². The highest BCUT2D eigenvalue weighted by molar-refractivity contribution is 5.94. The number of hydrogen-bond donors (Lipinski definition) is 2. The molecule has 0 aliphatic rings. The Hall–Kier alpha value is -4.52. The molecule has 0 atom stereocenters. The Bertz CT molecular complexity index is 1550. The molecule has 2 N–H and O–H groups in total. The zero-order valence-corrected chi connectivity index (χ0v) is 18.9. The van der Waals surface area contributed by atoms with Crippen molar-refractivity contribution < 1.29 is 9.18 Å². The summed E-state index contributed by atoms with van der Waals surface area (Å²) in [5.74, 6) is -0.677. The third-order valence-corrected chi connectivity index (χ3v) is 5.90. The van der Waals surface area contributed by atoms with Gasteiger partial charge in [0.1, 0.15) is 5.82 Å². The molecule has 5 aromatic rings. The van der Waals surface area contributed by atoms with Gasteiger partial charge in [0.05, 0.1) is 12.1 Å². The molecule has 3 heterocycles. The number of carbonyl (C=O) groups is 1. The van der Waals surface area contributed by atoms with E-state index in [1.165, 1.54) is 12.3 Å². The second-order valence-electron chi connectivity index (χ2n) is 8.43. The minimum absolute atomic E-state index is 0.0366. The van der Waals surface area contributed by atoms with Crippen molar-refractivity contribution in [1.82, 2.24) is 19.9 Å². The summed E-state index contributed by atoms with van der Waals surface area (Å²) in [5.41, 5.74) is 4.51. The number of fused-ring (bicyclic) bond motifs is 1. The number of rotatable bonds is 7. The molecule has 7 heteroatoms. The highest BCUT2D eigenvalue weighted by atomic mass is 19.1. The van der Waals surface area contributed by atoms with Gasteiger partial charge >= 0.3 is 0 Å². The Kier molecular flexibility index (Phi) is 6.22. The molecule has 0 spiro atoms. The molecule has 5 rings (SSSR count). The maximum absolute atomic E-state index is 14.3. The van der Waals surface area contributed by atoms with Gasteiger partial charge in [0.15, 0.2) is 0 Å². The third kappa shape index (κ3) is 5.19. The van der Waals surface area contributed by atoms with Crippen LogP contribution in [0.5, 0.6) is 0 Å². The van der Waals surface area contributed by atoms with Gasteiger partial charge in [0, 0.05) is 48.5 Å². The van der Waals surface area contributed by atoms with Crippen LogP contribution in [0, 0.1) is 5.82 Å². The second kappa shape index (κ2) is 9.77. The molecule has 0 unspecified atom stereocenters. The van der Waals surface area contributed by atoms with E-state index in [1.807, 2.05) is 36.4 Å². The van der Waals surface area contributed by atoms with E-state index in [9.17, 15) is 14.0 Å². The van der Waals surface area contributed by atoms with Gasteiger partial charge in [0.25, 0.3) is 11.5 Å². The maximum Gasteiger partial charge on any atom is 0.253 e. The third-order valence-electron chi connectivity index (χ3n) is 5.90. The van der Waals surface area contributed by atoms with Crippen LogP contribution in [0.2, 0.25) is 0 Å². The average Bonchev–Trinajstić information content (AvgIpc) is 3.32. The van der Waals surface area contributed by atoms with E-state index in [4.69, 9.17) is 0 Å². The standard InChI is InChI=1S/C28H23FN4O2/c29-25-14-26-22(8-9-31-26)13-23(25)17-32-28(35)24-12-21(15-30-16-24)11-19-4-6-20(7-5-19)18-33-10-2-1-3-27(33)34/h1-10,12-16,31H,11,17-18H2,(H,32,35). The summed E-state index contributed by atoms with van der Waals surface area (Å²) in [4.78, 5) is 31.8. The van der Waals surface area contributed by atoms with Gasteiger partial charge in [-0.1, -0.05) is 30.3 Å². The molecule has 3 aromatic heterocycles. The van der Waals surface area contributed by atoms with E-state index in [2.05, 4.69) is 15.3 Å². The fourth-order valence-electron chi connectivity index (χ4n) is 4.03. The Morgan fingerprint density at radius 3 is 2.63 bits per heavy atom. The lowest BCUT2D eigenvalue weighted by Gasteiger charge is -2.09. The van der Waals surface area contributed by atoms with Gasteiger partial charge in [-0.2, -0.15) is 0 Å². The molecule has 0 saturated heterocycles. The van der Waals surface area contributed by atoms with Crippen molar-refractivity contribution in [2.24, 2.45) is 0 Å². The van der Waals surface area contributed by atoms with Gasteiger partial charge in [-0.05, 0) is 58.8 Å². The number of aromatic nitrogens is 3. The molecule has 174 valence electrons. The molecule has 0 aliphatic carbocycles. The predicted molar refractivity (Wildman–Crippen MR) is 133 cm³/mol. The summed E-state index contributed by atoms with van der Waals surface area (Å²) in [5, 5.41) is 3.67. The highest BCUT2D eigenvalue weighted by Gasteiger charge is 2.11. The predicted octanol–water partition coefficient (Wildman–Crippen LogP) is 4.43. The summed E-state index contributed by atoms with van der Waals surface area (Å²) in [7, 11) is 0. The Morgan fingerprint density at radius 1 is 0.971 bits per heavy atom. The zero-order valence-electron chi connectivity index (χ0n) is 18.9. The summed E-state index contributed by atoms with van der Waals surface area (Å²) in [6.45, 7) is 0.594. The maximum atomic E-state index is 14.3. The van der Waals surface area contributed by atoms with Gasteiger partial charge in [-0.25, -0.2) is 4.39 Å². The number of nitrogens with one attached hydrogen (secondary N) is 2. The summed E-state index contributed by atoms with van der Waals surface area (Å²) in [6.07, 6.45) is 7.37. The zero-order chi connectivity index (χ0) is 24.2. The van der Waals surface area contributed by atoms with Gasteiger partial charge in [-0.15, -0.1) is 0 Å². The largest absolute Gasteiger partial charge is 0.361 e. The number of benzene rings is 2. The first-order valence-corrected chi connectivity index (χ1v) is 11.3. The molecule has 1 amide bonds. The average molecular weight is 467 g/mol. The SMILES string of the molecule is O=C(NCc1cc2cc[nH]c2cc1F)c1cncc(Cc2ccc(Cn3ccccc3=O)cc2)c1. The molecular formula is C28H23FN4O2. The molecule has 2 aromatic carbocycles. The van der Waals surface area contributed by atoms with Crippen LogP contribution in [0.1, 0.15) is 32.6 Å². The number of nitrogens with zero attached hydrogens (tertiary/aromatic N) is 2. The van der Waals surface area contributed by atoms with Crippen LogP contribution >= 0.6 is 0 Å². The Labute approximate surface area is 201 Å². The minimum Gasteiger partial charge on any atom is -0.361 e. The van der Waals surface area contributed by atoms with E-state index in [0.717, 1.165) is 27.6 Å². The molecular weight excluding hydrogens is 443 g/mol. The van der Waals surface area contributed by atoms with Crippen LogP contribution in [0.3, 0.4) is 0 Å². The van der Waals surface area contributed by atoms with E-state index >= 15 is 0 Å². The van der Waals surface area contributed by atoms with Crippen LogP contribution in [0.15, 0.2) is 96.3 Å². The fraction of sp³-hybridized carbons (Fsp3) is 0.107. The lowest BCUT2D eigenvalue weighted by Crippen LogP contribution is -2.23. The number of pyridine rings is 2. The van der Waals surface area contributed by atoms with Crippen molar-refractivity contribution in [3.05, 3.63) is 136 Å². The van der Waals surface area contributed by atoms with E-state index in [1.54, 1.807) is 47.4 Å². The van der Waals surface area contributed by atoms with Crippen LogP contribution < -0.4 is 10.9 Å². The topological polar surface area (TPSA) is 79.8 Å². The molecule has 35 heavy (non-hydrogen) atoms. The molecule has 0 bridgehead atoms. The van der Waals surface area contributed by atoms with Crippen molar-refractivity contribution in [2.45, 2.75) is 19.5 Å². The number of hydrogen-bond acceptors (Lipinski definition) is 3. The first kappa shape index (κ1) is 22.3. The first-order chi connectivity index (χ1) is 17.0. The van der Waals surface area contributed by atoms with E-state index in [-0.39, 0.29) is 23.8 Å². The van der Waals surface area contributed by atoms with Gasteiger partial charge in [0.2, 0.25) is 0 Å². The monoisotopic (exact) mass is 466 g/mol. The summed E-state index contributed by atoms with van der Waals surface area (Å²) >= 11 is 0. The number of amides is 1. The normalized spacial score (nSPS) is 11.0. The van der Waals surface area contributed by atoms with Crippen molar-refractivity contribution >= 4 is 16.8 Å². The molecule has 0 saturated carbocycles. The second-order valence-corrected chi connectivity index (χ2v) is 8.43. The lowest BCUT2D eigenvalue weighted by molar-refractivity contribution is 0.0950. The molecule has 0 aliphatic heterocycles. The fourth-order valence-corrected chi connectivity index (χ4v) is 4.03. The van der Waals surface area contributed by atoms with Crippen molar-refractivity contribution in [2.75, 3.05) is 0 Å². The van der Waals surface area contributed by atoms with Crippen molar-refractivity contribution in [1.29, 1.82) is 0 Å². The van der Waals surface area contributed by atoms with E-state index in [0.29, 0.717) is 24.1 Å². The number of carbonyl (C=O) groups excluding carboxylic acids is 1. The quantitative estimate of drug-likeness (QED) is 0.372. The number of H-pyrrole nitrogens is 1. The van der Waals surface area contributed by atoms with Crippen LogP contribution in [-0.2, 0) is 19.5 Å². The molecule has 0 fully saturated rings. The van der Waals surface area contributed by atoms with Crippen LogP contribution in [0.25, 0.3) is 10.9 Å². The van der Waals surface area contributed by atoms with Gasteiger partial charge < -0.3 is 14.9 Å². The minimum atomic E-state index is -0.368. The van der Waals surface area contributed by atoms with Crippen LogP contribution in [-0.4, -0.2) is 20.4 Å². The van der Waals surface area contributed by atoms with Crippen LogP contribution in [0.4, 0.5) is 4.39 Å². The number of halogens is 1. The van der Waals surface area contributed by atoms with E-state index < -0.39 is 0 Å². The smallest absolute Gasteiger partial charge is 0.253 e. The van der Waals surface area contributed by atoms with Gasteiger partial charge in [-0.3, -0.25) is 14.6 Å². The molecule has 6 nitrogen and oxygen atoms in total. The van der Waals surface area contributed by atoms with Crippen molar-refractivity contribution in [3.63, 3.8) is 0 Å². The summed E-state index contributed by atoms with van der Waals surface area (Å²) < 4.78 is 16.0. The Balaban J connectivity index is 1.23.